The van der Waals surface area contributed by atoms with Gasteiger partial charge in [-0.1, -0.05) is 60.7 Å². The number of hydrogen-bond acceptors (Lipinski definition) is 4. The lowest BCUT2D eigenvalue weighted by atomic mass is 9.96. The Bertz CT molecular complexity index is 1190. The first-order valence-corrected chi connectivity index (χ1v) is 13.5. The van der Waals surface area contributed by atoms with Crippen LogP contribution in [0.1, 0.15) is 30.9 Å². The Kier molecular flexibility index (Phi) is 8.21. The molecule has 3 aromatic carbocycles. The monoisotopic (exact) mass is 492 g/mol. The van der Waals surface area contributed by atoms with Crippen molar-refractivity contribution in [2.75, 3.05) is 19.6 Å². The van der Waals surface area contributed by atoms with Crippen LogP contribution in [-0.4, -0.2) is 43.2 Å². The molecule has 0 radical (unpaired) electrons. The zero-order valence-corrected chi connectivity index (χ0v) is 20.9. The second-order valence-corrected chi connectivity index (χ2v) is 10.7. The lowest BCUT2D eigenvalue weighted by molar-refractivity contribution is -0.137. The normalized spacial score (nSPS) is 15.0. The molecule has 4 rings (SSSR count). The van der Waals surface area contributed by atoms with Gasteiger partial charge in [-0.2, -0.15) is 4.31 Å². The summed E-state index contributed by atoms with van der Waals surface area (Å²) >= 11 is 0. The van der Waals surface area contributed by atoms with Crippen molar-refractivity contribution in [1.29, 1.82) is 0 Å². The fraction of sp³-hybridized carbons (Fsp3) is 0.321. The Morgan fingerprint density at radius 2 is 1.49 bits per heavy atom. The summed E-state index contributed by atoms with van der Waals surface area (Å²) in [4.78, 5) is 15.4. The zero-order valence-electron chi connectivity index (χ0n) is 20.0. The Hall–Kier alpha value is -3.16. The van der Waals surface area contributed by atoms with Gasteiger partial charge in [0.1, 0.15) is 12.4 Å². The number of nitrogens with zero attached hydrogens (tertiary/aromatic N) is 2. The van der Waals surface area contributed by atoms with Gasteiger partial charge >= 0.3 is 0 Å². The Morgan fingerprint density at radius 3 is 2.09 bits per heavy atom. The number of sulfonamides is 1. The average Bonchev–Trinajstić information content (AvgIpc) is 2.92. The van der Waals surface area contributed by atoms with E-state index < -0.39 is 10.0 Å². The molecule has 0 aromatic heterocycles. The first-order chi connectivity index (χ1) is 17.0. The minimum absolute atomic E-state index is 0.0914. The number of hydrogen-bond donors (Lipinski definition) is 0. The van der Waals surface area contributed by atoms with E-state index in [0.29, 0.717) is 50.5 Å². The number of carbonyl (C=O) groups excluding carboxylic acids is 1. The highest BCUT2D eigenvalue weighted by molar-refractivity contribution is 7.89. The Balaban J connectivity index is 1.30. The van der Waals surface area contributed by atoms with Crippen LogP contribution in [0.2, 0.25) is 0 Å². The van der Waals surface area contributed by atoms with Gasteiger partial charge in [0, 0.05) is 32.1 Å². The Morgan fingerprint density at radius 1 is 0.886 bits per heavy atom. The molecule has 1 aliphatic rings. The molecule has 35 heavy (non-hydrogen) atoms. The van der Waals surface area contributed by atoms with E-state index in [0.717, 1.165) is 16.9 Å². The molecule has 0 atom stereocenters. The van der Waals surface area contributed by atoms with Crippen LogP contribution < -0.4 is 4.74 Å². The maximum absolute atomic E-state index is 13.2. The molecule has 1 aliphatic heterocycles. The molecular formula is C28H32N2O4S. The third-order valence-electron chi connectivity index (χ3n) is 6.42. The minimum Gasteiger partial charge on any atom is -0.489 e. The minimum atomic E-state index is -3.52. The summed E-state index contributed by atoms with van der Waals surface area (Å²) in [6.45, 7) is 4.34. The number of benzene rings is 3. The van der Waals surface area contributed by atoms with Crippen molar-refractivity contribution in [2.45, 2.75) is 37.8 Å². The van der Waals surface area contributed by atoms with E-state index in [9.17, 15) is 13.2 Å². The van der Waals surface area contributed by atoms with Crippen molar-refractivity contribution in [3.05, 3.63) is 96.1 Å². The first-order valence-electron chi connectivity index (χ1n) is 12.1. The van der Waals surface area contributed by atoms with Gasteiger partial charge in [0.2, 0.25) is 15.9 Å². The fourth-order valence-electron chi connectivity index (χ4n) is 4.34. The van der Waals surface area contributed by atoms with Crippen molar-refractivity contribution in [1.82, 2.24) is 9.21 Å². The zero-order chi connectivity index (χ0) is 24.7. The standard InChI is InChI=1S/C28H32N2O4S/c1-2-29(21-23-13-15-26(16-14-23)34-22-24-9-5-3-6-10-24)28(31)25-17-19-30(20-18-25)35(32,33)27-11-7-4-8-12-27/h3-16,25H,2,17-22H2,1H3. The molecule has 1 heterocycles. The quantitative estimate of drug-likeness (QED) is 0.434. The average molecular weight is 493 g/mol. The van der Waals surface area contributed by atoms with Crippen LogP contribution in [0.25, 0.3) is 0 Å². The lowest BCUT2D eigenvalue weighted by Gasteiger charge is -2.33. The number of carbonyl (C=O) groups is 1. The van der Waals surface area contributed by atoms with E-state index in [1.807, 2.05) is 66.4 Å². The third-order valence-corrected chi connectivity index (χ3v) is 8.34. The Labute approximate surface area is 208 Å². The molecule has 0 N–H and O–H groups in total. The number of amides is 1. The van der Waals surface area contributed by atoms with Crippen molar-refractivity contribution < 1.29 is 17.9 Å². The van der Waals surface area contributed by atoms with Gasteiger partial charge in [0.05, 0.1) is 4.90 Å². The first kappa shape index (κ1) is 24.9. The summed E-state index contributed by atoms with van der Waals surface area (Å²) in [5, 5.41) is 0. The smallest absolute Gasteiger partial charge is 0.243 e. The van der Waals surface area contributed by atoms with Gasteiger partial charge in [0.15, 0.2) is 0 Å². The van der Waals surface area contributed by atoms with Gasteiger partial charge in [-0.05, 0) is 55.2 Å². The predicted octanol–water partition coefficient (Wildman–Crippen LogP) is 4.72. The molecule has 1 saturated heterocycles. The molecular weight excluding hydrogens is 460 g/mol. The van der Waals surface area contributed by atoms with Crippen LogP contribution in [-0.2, 0) is 28.0 Å². The van der Waals surface area contributed by atoms with Crippen molar-refractivity contribution in [2.24, 2.45) is 5.92 Å². The highest BCUT2D eigenvalue weighted by Crippen LogP contribution is 2.26. The number of ether oxygens (including phenoxy) is 1. The largest absolute Gasteiger partial charge is 0.489 e. The van der Waals surface area contributed by atoms with Crippen LogP contribution in [0.15, 0.2) is 89.8 Å². The molecule has 1 amide bonds. The van der Waals surface area contributed by atoms with Crippen molar-refractivity contribution >= 4 is 15.9 Å². The van der Waals surface area contributed by atoms with Gasteiger partial charge in [0.25, 0.3) is 0 Å². The second kappa shape index (κ2) is 11.5. The van der Waals surface area contributed by atoms with Crippen LogP contribution in [0, 0.1) is 5.92 Å². The van der Waals surface area contributed by atoms with Crippen LogP contribution >= 0.6 is 0 Å². The topological polar surface area (TPSA) is 66.9 Å². The highest BCUT2D eigenvalue weighted by Gasteiger charge is 2.33. The van der Waals surface area contributed by atoms with Crippen LogP contribution in [0.4, 0.5) is 0 Å². The number of piperidine rings is 1. The summed E-state index contributed by atoms with van der Waals surface area (Å²) < 4.78 is 33.1. The van der Waals surface area contributed by atoms with Gasteiger partial charge < -0.3 is 9.64 Å². The maximum atomic E-state index is 13.2. The molecule has 0 saturated carbocycles. The van der Waals surface area contributed by atoms with E-state index in [-0.39, 0.29) is 11.8 Å². The molecule has 3 aromatic rings. The molecule has 184 valence electrons. The third kappa shape index (κ3) is 6.29. The molecule has 6 nitrogen and oxygen atoms in total. The van der Waals surface area contributed by atoms with E-state index in [1.54, 1.807) is 30.3 Å². The summed E-state index contributed by atoms with van der Waals surface area (Å²) in [7, 11) is -3.52. The summed E-state index contributed by atoms with van der Waals surface area (Å²) in [5.74, 6) is 0.721. The molecule has 0 bridgehead atoms. The second-order valence-electron chi connectivity index (χ2n) is 8.76. The van der Waals surface area contributed by atoms with Gasteiger partial charge in [-0.15, -0.1) is 0 Å². The van der Waals surface area contributed by atoms with Crippen molar-refractivity contribution in [3.63, 3.8) is 0 Å². The molecule has 7 heteroatoms. The van der Waals surface area contributed by atoms with Crippen LogP contribution in [0.3, 0.4) is 0 Å². The summed E-state index contributed by atoms with van der Waals surface area (Å²) in [5.41, 5.74) is 2.15. The van der Waals surface area contributed by atoms with E-state index in [1.165, 1.54) is 4.31 Å². The van der Waals surface area contributed by atoms with E-state index >= 15 is 0 Å². The lowest BCUT2D eigenvalue weighted by Crippen LogP contribution is -2.44. The predicted molar refractivity (Wildman–Crippen MR) is 136 cm³/mol. The SMILES string of the molecule is CCN(Cc1ccc(OCc2ccccc2)cc1)C(=O)C1CCN(S(=O)(=O)c2ccccc2)CC1. The molecule has 1 fully saturated rings. The van der Waals surface area contributed by atoms with Gasteiger partial charge in [-0.25, -0.2) is 8.42 Å². The molecule has 0 spiro atoms. The van der Waals surface area contributed by atoms with E-state index in [4.69, 9.17) is 4.74 Å². The van der Waals surface area contributed by atoms with Crippen molar-refractivity contribution in [3.8, 4) is 5.75 Å². The van der Waals surface area contributed by atoms with E-state index in [2.05, 4.69) is 0 Å². The highest BCUT2D eigenvalue weighted by atomic mass is 32.2. The van der Waals surface area contributed by atoms with Crippen LogP contribution in [0.5, 0.6) is 5.75 Å². The van der Waals surface area contributed by atoms with Gasteiger partial charge in [-0.3, -0.25) is 4.79 Å². The number of rotatable bonds is 9. The summed E-state index contributed by atoms with van der Waals surface area (Å²) in [6.07, 6.45) is 1.07. The summed E-state index contributed by atoms with van der Waals surface area (Å²) in [6, 6.07) is 26.4. The fourth-order valence-corrected chi connectivity index (χ4v) is 5.83. The molecule has 0 unspecified atom stereocenters. The molecule has 0 aliphatic carbocycles. The maximum Gasteiger partial charge on any atom is 0.243 e.